The SMILES string of the molecule is CC(C)c1ccc2c(c1)N(C(=O)OC(C)(C)C)C(C(=O)OCCl)C2. The van der Waals surface area contributed by atoms with E-state index in [1.165, 1.54) is 4.90 Å². The number of hydrogen-bond donors (Lipinski definition) is 0. The van der Waals surface area contributed by atoms with Crippen LogP contribution < -0.4 is 4.90 Å². The molecule has 0 N–H and O–H groups in total. The first-order valence-electron chi connectivity index (χ1n) is 8.01. The van der Waals surface area contributed by atoms with Crippen LogP contribution in [-0.4, -0.2) is 29.8 Å². The Balaban J connectivity index is 2.42. The number of halogens is 1. The highest BCUT2D eigenvalue weighted by molar-refractivity contribution is 6.17. The predicted octanol–water partition coefficient (Wildman–Crippen LogP) is 4.22. The monoisotopic (exact) mass is 353 g/mol. The third-order valence-electron chi connectivity index (χ3n) is 3.82. The van der Waals surface area contributed by atoms with E-state index in [1.54, 1.807) is 20.8 Å². The lowest BCUT2D eigenvalue weighted by molar-refractivity contribution is -0.143. The van der Waals surface area contributed by atoms with Gasteiger partial charge in [0.05, 0.1) is 5.69 Å². The zero-order valence-electron chi connectivity index (χ0n) is 14.8. The van der Waals surface area contributed by atoms with Crippen molar-refractivity contribution >= 4 is 29.4 Å². The predicted molar refractivity (Wildman–Crippen MR) is 93.5 cm³/mol. The Morgan fingerprint density at radius 3 is 2.54 bits per heavy atom. The maximum atomic E-state index is 12.7. The Morgan fingerprint density at radius 1 is 1.33 bits per heavy atom. The highest BCUT2D eigenvalue weighted by Gasteiger charge is 2.41. The van der Waals surface area contributed by atoms with Gasteiger partial charge in [0.1, 0.15) is 11.6 Å². The molecule has 1 atom stereocenters. The second kappa shape index (κ2) is 7.01. The Bertz CT molecular complexity index is 636. The van der Waals surface area contributed by atoms with Gasteiger partial charge in [0.15, 0.2) is 6.07 Å². The van der Waals surface area contributed by atoms with Gasteiger partial charge in [-0.1, -0.05) is 37.6 Å². The molecule has 24 heavy (non-hydrogen) atoms. The van der Waals surface area contributed by atoms with E-state index in [2.05, 4.69) is 13.8 Å². The molecule has 0 radical (unpaired) electrons. The number of ether oxygens (including phenoxy) is 2. The summed E-state index contributed by atoms with van der Waals surface area (Å²) in [5.74, 6) is -0.220. The molecule has 0 aliphatic carbocycles. The van der Waals surface area contributed by atoms with Crippen LogP contribution in [0.4, 0.5) is 10.5 Å². The summed E-state index contributed by atoms with van der Waals surface area (Å²) in [6, 6.07) is 4.92. The number of carbonyl (C=O) groups excluding carboxylic acids is 2. The molecule has 5 nitrogen and oxygen atoms in total. The highest BCUT2D eigenvalue weighted by atomic mass is 35.5. The van der Waals surface area contributed by atoms with Gasteiger partial charge >= 0.3 is 12.1 Å². The van der Waals surface area contributed by atoms with Gasteiger partial charge in [0, 0.05) is 6.42 Å². The van der Waals surface area contributed by atoms with E-state index in [4.69, 9.17) is 21.1 Å². The number of amides is 1. The van der Waals surface area contributed by atoms with E-state index in [0.29, 0.717) is 18.0 Å². The number of fused-ring (bicyclic) bond motifs is 1. The Hall–Kier alpha value is -1.75. The number of esters is 1. The fraction of sp³-hybridized carbons (Fsp3) is 0.556. The molecular formula is C18H24ClNO4. The molecule has 1 amide bonds. The van der Waals surface area contributed by atoms with Crippen molar-refractivity contribution in [3.63, 3.8) is 0 Å². The average molecular weight is 354 g/mol. The normalized spacial score (nSPS) is 17.0. The third kappa shape index (κ3) is 4.01. The molecule has 0 spiro atoms. The van der Waals surface area contributed by atoms with E-state index >= 15 is 0 Å². The van der Waals surface area contributed by atoms with Crippen LogP contribution in [0, 0.1) is 0 Å². The first kappa shape index (κ1) is 18.6. The zero-order valence-corrected chi connectivity index (χ0v) is 15.5. The van der Waals surface area contributed by atoms with Gasteiger partial charge in [0.25, 0.3) is 0 Å². The quantitative estimate of drug-likeness (QED) is 0.603. The molecule has 0 fully saturated rings. The lowest BCUT2D eigenvalue weighted by Crippen LogP contribution is -2.46. The van der Waals surface area contributed by atoms with Gasteiger partial charge in [-0.05, 0) is 43.9 Å². The minimum Gasteiger partial charge on any atom is -0.448 e. The first-order valence-corrected chi connectivity index (χ1v) is 8.55. The van der Waals surface area contributed by atoms with Crippen LogP contribution in [0.1, 0.15) is 51.7 Å². The molecule has 0 saturated heterocycles. The molecule has 0 bridgehead atoms. The second-order valence-corrected chi connectivity index (χ2v) is 7.40. The second-order valence-electron chi connectivity index (χ2n) is 7.19. The lowest BCUT2D eigenvalue weighted by Gasteiger charge is -2.28. The zero-order chi connectivity index (χ0) is 18.1. The van der Waals surface area contributed by atoms with Crippen LogP contribution in [-0.2, 0) is 20.7 Å². The van der Waals surface area contributed by atoms with Crippen molar-refractivity contribution in [1.29, 1.82) is 0 Å². The van der Waals surface area contributed by atoms with Gasteiger partial charge in [-0.15, -0.1) is 0 Å². The summed E-state index contributed by atoms with van der Waals surface area (Å²) >= 11 is 5.51. The number of hydrogen-bond acceptors (Lipinski definition) is 4. The molecule has 0 aromatic heterocycles. The summed E-state index contributed by atoms with van der Waals surface area (Å²) in [6.45, 7) is 9.52. The molecule has 1 aromatic rings. The number of anilines is 1. The number of carbonyl (C=O) groups is 2. The fourth-order valence-electron chi connectivity index (χ4n) is 2.68. The molecule has 1 heterocycles. The van der Waals surface area contributed by atoms with Gasteiger partial charge in [-0.3, -0.25) is 4.90 Å². The molecule has 1 aliphatic heterocycles. The maximum Gasteiger partial charge on any atom is 0.415 e. The smallest absolute Gasteiger partial charge is 0.415 e. The van der Waals surface area contributed by atoms with Crippen LogP contribution in [0.25, 0.3) is 0 Å². The van der Waals surface area contributed by atoms with Crippen LogP contribution in [0.5, 0.6) is 0 Å². The Morgan fingerprint density at radius 2 is 2.00 bits per heavy atom. The molecular weight excluding hydrogens is 330 g/mol. The fourth-order valence-corrected chi connectivity index (χ4v) is 2.79. The van der Waals surface area contributed by atoms with Crippen molar-refractivity contribution in [3.05, 3.63) is 29.3 Å². The van der Waals surface area contributed by atoms with Crippen molar-refractivity contribution in [2.45, 2.75) is 58.6 Å². The number of benzene rings is 1. The minimum absolute atomic E-state index is 0.245. The van der Waals surface area contributed by atoms with E-state index in [0.717, 1.165) is 11.1 Å². The van der Waals surface area contributed by atoms with Crippen molar-refractivity contribution in [2.75, 3.05) is 11.0 Å². The Kier molecular flexibility index (Phi) is 5.43. The Labute approximate surface area is 147 Å². The van der Waals surface area contributed by atoms with E-state index in [9.17, 15) is 9.59 Å². The number of nitrogens with zero attached hydrogens (tertiary/aromatic N) is 1. The van der Waals surface area contributed by atoms with Gasteiger partial charge in [0.2, 0.25) is 0 Å². The summed E-state index contributed by atoms with van der Waals surface area (Å²) in [6.07, 6.45) is -0.165. The van der Waals surface area contributed by atoms with Crippen molar-refractivity contribution in [2.24, 2.45) is 0 Å². The van der Waals surface area contributed by atoms with Gasteiger partial charge in [-0.2, -0.15) is 0 Å². The summed E-state index contributed by atoms with van der Waals surface area (Å²) < 4.78 is 10.4. The van der Waals surface area contributed by atoms with Crippen molar-refractivity contribution in [3.8, 4) is 0 Å². The topological polar surface area (TPSA) is 55.8 Å². The molecule has 132 valence electrons. The van der Waals surface area contributed by atoms with E-state index in [-0.39, 0.29) is 6.07 Å². The minimum atomic E-state index is -0.754. The molecule has 1 aromatic carbocycles. The summed E-state index contributed by atoms with van der Waals surface area (Å²) in [5.41, 5.74) is 2.05. The molecule has 1 unspecified atom stereocenters. The number of rotatable bonds is 3. The summed E-state index contributed by atoms with van der Waals surface area (Å²) in [7, 11) is 0. The molecule has 1 aliphatic rings. The van der Waals surface area contributed by atoms with Crippen molar-refractivity contribution in [1.82, 2.24) is 0 Å². The van der Waals surface area contributed by atoms with E-state index in [1.807, 2.05) is 18.2 Å². The van der Waals surface area contributed by atoms with E-state index < -0.39 is 23.7 Å². The standard InChI is InChI=1S/C18H24ClNO4/c1-11(2)12-6-7-13-9-15(16(21)23-10-19)20(14(13)8-12)17(22)24-18(3,4)5/h6-8,11,15H,9-10H2,1-5H3. The summed E-state index contributed by atoms with van der Waals surface area (Å²) in [5, 5.41) is 0. The highest BCUT2D eigenvalue weighted by Crippen LogP contribution is 2.36. The van der Waals surface area contributed by atoms with Crippen LogP contribution in [0.15, 0.2) is 18.2 Å². The molecule has 2 rings (SSSR count). The van der Waals surface area contributed by atoms with Crippen LogP contribution in [0.2, 0.25) is 0 Å². The maximum absolute atomic E-state index is 12.7. The van der Waals surface area contributed by atoms with Gasteiger partial charge < -0.3 is 9.47 Å². The average Bonchev–Trinajstić information content (AvgIpc) is 2.84. The van der Waals surface area contributed by atoms with Crippen LogP contribution in [0.3, 0.4) is 0 Å². The number of alkyl halides is 1. The third-order valence-corrected chi connectivity index (χ3v) is 3.93. The van der Waals surface area contributed by atoms with Gasteiger partial charge in [-0.25, -0.2) is 9.59 Å². The molecule has 6 heteroatoms. The lowest BCUT2D eigenvalue weighted by atomic mass is 10.00. The summed E-state index contributed by atoms with van der Waals surface area (Å²) in [4.78, 5) is 26.3. The largest absolute Gasteiger partial charge is 0.448 e. The van der Waals surface area contributed by atoms with Crippen molar-refractivity contribution < 1.29 is 19.1 Å². The first-order chi connectivity index (χ1) is 11.1. The van der Waals surface area contributed by atoms with Crippen LogP contribution >= 0.6 is 11.6 Å². The molecule has 0 saturated carbocycles.